The minimum Gasteiger partial charge on any atom is -0.391 e. The summed E-state index contributed by atoms with van der Waals surface area (Å²) in [6.07, 6.45) is 36.1. The van der Waals surface area contributed by atoms with E-state index in [2.05, 4.69) is 13.8 Å². The van der Waals surface area contributed by atoms with Gasteiger partial charge in [-0.2, -0.15) is 0 Å². The van der Waals surface area contributed by atoms with Gasteiger partial charge in [-0.3, -0.25) is 0 Å². The van der Waals surface area contributed by atoms with Crippen LogP contribution in [0, 0.1) is 0 Å². The molecule has 0 unspecified atom stereocenters. The number of nitrogens with zero attached hydrogens (tertiary/aromatic N) is 1. The van der Waals surface area contributed by atoms with Crippen LogP contribution in [0.2, 0.25) is 0 Å². The Bertz CT molecular complexity index is 409. The van der Waals surface area contributed by atoms with Gasteiger partial charge in [0.15, 0.2) is 0 Å². The van der Waals surface area contributed by atoms with E-state index >= 15 is 0 Å². The highest BCUT2D eigenvalue weighted by Crippen LogP contribution is 2.17. The molecule has 0 radical (unpaired) electrons. The van der Waals surface area contributed by atoms with Crippen molar-refractivity contribution in [3.63, 3.8) is 0 Å². The van der Waals surface area contributed by atoms with Crippen LogP contribution in [0.5, 0.6) is 0 Å². The lowest BCUT2D eigenvalue weighted by Gasteiger charge is -2.38. The molecule has 0 aliphatic carbocycles. The second-order valence-electron chi connectivity index (χ2n) is 12.2. The zero-order valence-corrected chi connectivity index (χ0v) is 26.0. The maximum atomic E-state index is 9.73. The van der Waals surface area contributed by atoms with Crippen LogP contribution in [-0.2, 0) is 0 Å². The highest BCUT2D eigenvalue weighted by molar-refractivity contribution is 4.53. The molecular formula is C34H72NO2+. The Morgan fingerprint density at radius 2 is 0.514 bits per heavy atom. The van der Waals surface area contributed by atoms with Crippen molar-refractivity contribution in [1.29, 1.82) is 0 Å². The van der Waals surface area contributed by atoms with Gasteiger partial charge in [0.1, 0.15) is 13.1 Å². The molecule has 0 aliphatic heterocycles. The van der Waals surface area contributed by atoms with Crippen LogP contribution in [0.1, 0.15) is 181 Å². The third-order valence-corrected chi connectivity index (χ3v) is 8.62. The van der Waals surface area contributed by atoms with E-state index in [0.29, 0.717) is 0 Å². The monoisotopic (exact) mass is 527 g/mol. The van der Waals surface area contributed by atoms with Crippen LogP contribution < -0.4 is 0 Å². The number of hydrogen-bond acceptors (Lipinski definition) is 2. The smallest absolute Gasteiger partial charge is 0.102 e. The summed E-state index contributed by atoms with van der Waals surface area (Å²) < 4.78 is 0.933. The van der Waals surface area contributed by atoms with E-state index in [1.165, 1.54) is 167 Å². The fraction of sp³-hybridized carbons (Fsp3) is 1.00. The van der Waals surface area contributed by atoms with Gasteiger partial charge in [0, 0.05) is 0 Å². The molecule has 0 aromatic carbocycles. The standard InChI is InChI=1S/C34H72NO2/c1-3-5-7-9-11-13-15-16-17-18-19-20-22-24-26-28-30-35(31-33-36,32-34-37)29-27-25-23-21-14-12-10-8-6-4-2/h36-37H,3-34H2,1-2H3/q+1. The molecule has 0 saturated carbocycles. The molecular weight excluding hydrogens is 454 g/mol. The van der Waals surface area contributed by atoms with Gasteiger partial charge in [-0.15, -0.1) is 0 Å². The topological polar surface area (TPSA) is 40.5 Å². The van der Waals surface area contributed by atoms with Crippen LogP contribution in [0.15, 0.2) is 0 Å². The molecule has 0 rings (SSSR count). The molecule has 0 heterocycles. The van der Waals surface area contributed by atoms with Crippen LogP contribution >= 0.6 is 0 Å². The van der Waals surface area contributed by atoms with E-state index in [1.807, 2.05) is 0 Å². The van der Waals surface area contributed by atoms with Crippen molar-refractivity contribution in [2.45, 2.75) is 181 Å². The van der Waals surface area contributed by atoms with E-state index < -0.39 is 0 Å². The molecule has 0 aromatic rings. The number of quaternary nitrogens is 1. The number of aliphatic hydroxyl groups is 2. The van der Waals surface area contributed by atoms with Gasteiger partial charge in [-0.1, -0.05) is 155 Å². The lowest BCUT2D eigenvalue weighted by Crippen LogP contribution is -2.52. The molecule has 0 saturated heterocycles. The van der Waals surface area contributed by atoms with Gasteiger partial charge >= 0.3 is 0 Å². The molecule has 0 aliphatic rings. The van der Waals surface area contributed by atoms with E-state index in [1.54, 1.807) is 0 Å². The molecule has 224 valence electrons. The summed E-state index contributed by atoms with van der Waals surface area (Å²) in [5.41, 5.74) is 0. The fourth-order valence-electron chi connectivity index (χ4n) is 6.03. The zero-order chi connectivity index (χ0) is 27.1. The first kappa shape index (κ1) is 36.9. The van der Waals surface area contributed by atoms with Crippen LogP contribution in [0.25, 0.3) is 0 Å². The Balaban J connectivity index is 3.76. The maximum Gasteiger partial charge on any atom is 0.102 e. The van der Waals surface area contributed by atoms with E-state index in [4.69, 9.17) is 0 Å². The van der Waals surface area contributed by atoms with E-state index in [0.717, 1.165) is 30.7 Å². The Hall–Kier alpha value is -0.120. The van der Waals surface area contributed by atoms with Crippen LogP contribution in [0.4, 0.5) is 0 Å². The summed E-state index contributed by atoms with van der Waals surface area (Å²) in [4.78, 5) is 0. The third-order valence-electron chi connectivity index (χ3n) is 8.62. The first-order valence-electron chi connectivity index (χ1n) is 17.3. The Labute approximate surface area is 234 Å². The first-order chi connectivity index (χ1) is 18.2. The average Bonchev–Trinajstić information content (AvgIpc) is 2.90. The quantitative estimate of drug-likeness (QED) is 0.0676. The summed E-state index contributed by atoms with van der Waals surface area (Å²) in [6.45, 7) is 8.98. The highest BCUT2D eigenvalue weighted by Gasteiger charge is 2.25. The molecule has 0 aromatic heterocycles. The van der Waals surface area contributed by atoms with Gasteiger partial charge in [-0.05, 0) is 25.7 Å². The maximum absolute atomic E-state index is 9.73. The first-order valence-corrected chi connectivity index (χ1v) is 17.3. The summed E-state index contributed by atoms with van der Waals surface area (Å²) in [7, 11) is 0. The van der Waals surface area contributed by atoms with Gasteiger partial charge in [0.05, 0.1) is 26.3 Å². The number of rotatable bonds is 32. The summed E-state index contributed by atoms with van der Waals surface area (Å²) >= 11 is 0. The van der Waals surface area contributed by atoms with Crippen molar-refractivity contribution in [2.24, 2.45) is 0 Å². The van der Waals surface area contributed by atoms with Crippen molar-refractivity contribution in [3.05, 3.63) is 0 Å². The SMILES string of the molecule is CCCCCCCCCCCCCCCCCC[N+](CCO)(CCO)CCCCCCCCCCCC. The van der Waals surface area contributed by atoms with Gasteiger partial charge in [0.2, 0.25) is 0 Å². The van der Waals surface area contributed by atoms with E-state index in [-0.39, 0.29) is 13.2 Å². The predicted molar refractivity (Wildman–Crippen MR) is 165 cm³/mol. The summed E-state index contributed by atoms with van der Waals surface area (Å²) in [5.74, 6) is 0. The largest absolute Gasteiger partial charge is 0.391 e. The molecule has 3 nitrogen and oxygen atoms in total. The van der Waals surface area contributed by atoms with Crippen molar-refractivity contribution in [2.75, 3.05) is 39.4 Å². The minimum atomic E-state index is 0.247. The Kier molecular flexibility index (Phi) is 30.3. The molecule has 3 heteroatoms. The van der Waals surface area contributed by atoms with Crippen molar-refractivity contribution in [1.82, 2.24) is 0 Å². The number of hydrogen-bond donors (Lipinski definition) is 2. The molecule has 0 spiro atoms. The molecule has 2 N–H and O–H groups in total. The second kappa shape index (κ2) is 30.4. The average molecular weight is 527 g/mol. The molecule has 0 bridgehead atoms. The van der Waals surface area contributed by atoms with Crippen LogP contribution in [-0.4, -0.2) is 54.1 Å². The molecule has 37 heavy (non-hydrogen) atoms. The van der Waals surface area contributed by atoms with Crippen LogP contribution in [0.3, 0.4) is 0 Å². The number of aliphatic hydroxyl groups excluding tert-OH is 2. The van der Waals surface area contributed by atoms with Crippen molar-refractivity contribution in [3.8, 4) is 0 Å². The Morgan fingerprint density at radius 3 is 0.730 bits per heavy atom. The molecule has 0 amide bonds. The Morgan fingerprint density at radius 1 is 0.297 bits per heavy atom. The van der Waals surface area contributed by atoms with Gasteiger partial charge in [0.25, 0.3) is 0 Å². The molecule has 0 atom stereocenters. The number of unbranched alkanes of at least 4 members (excludes halogenated alkanes) is 24. The lowest BCUT2D eigenvalue weighted by atomic mass is 10.0. The van der Waals surface area contributed by atoms with Gasteiger partial charge < -0.3 is 14.7 Å². The third kappa shape index (κ3) is 25.9. The summed E-state index contributed by atoms with van der Waals surface area (Å²) in [6, 6.07) is 0. The normalized spacial score (nSPS) is 12.0. The lowest BCUT2D eigenvalue weighted by molar-refractivity contribution is -0.929. The van der Waals surface area contributed by atoms with Crippen molar-refractivity contribution < 1.29 is 14.7 Å². The second-order valence-corrected chi connectivity index (χ2v) is 12.2. The van der Waals surface area contributed by atoms with Gasteiger partial charge in [-0.25, -0.2) is 0 Å². The summed E-state index contributed by atoms with van der Waals surface area (Å²) in [5, 5.41) is 19.5. The predicted octanol–water partition coefficient (Wildman–Crippen LogP) is 9.97. The fourth-order valence-corrected chi connectivity index (χ4v) is 6.03. The van der Waals surface area contributed by atoms with Crippen molar-refractivity contribution >= 4 is 0 Å². The molecule has 0 fully saturated rings. The minimum absolute atomic E-state index is 0.247. The highest BCUT2D eigenvalue weighted by atomic mass is 16.3. The van der Waals surface area contributed by atoms with E-state index in [9.17, 15) is 10.2 Å². The zero-order valence-electron chi connectivity index (χ0n) is 26.0.